The molecule has 1 radical (unpaired) electrons. The van der Waals surface area contributed by atoms with E-state index in [9.17, 15) is 0 Å². The monoisotopic (exact) mass is 287 g/mol. The van der Waals surface area contributed by atoms with E-state index in [-0.39, 0.29) is 19.5 Å². The van der Waals surface area contributed by atoms with Crippen molar-refractivity contribution in [3.05, 3.63) is 48.6 Å². The van der Waals surface area contributed by atoms with E-state index in [1.54, 1.807) is 0 Å². The molecule has 0 heterocycles. The van der Waals surface area contributed by atoms with Crippen LogP contribution in [0.1, 0.15) is 12.8 Å². The molecule has 0 aliphatic heterocycles. The van der Waals surface area contributed by atoms with Gasteiger partial charge in [0.2, 0.25) is 0 Å². The van der Waals surface area contributed by atoms with Gasteiger partial charge in [-0.25, -0.2) is 0 Å². The third kappa shape index (κ3) is 2.40. The van der Waals surface area contributed by atoms with Crippen molar-refractivity contribution in [3.63, 3.8) is 0 Å². The van der Waals surface area contributed by atoms with Crippen molar-refractivity contribution >= 4 is 0 Å². The minimum Gasteiger partial charge on any atom is -0.0810 e. The molecule has 0 spiro atoms. The summed E-state index contributed by atoms with van der Waals surface area (Å²) >= 11 is 0. The third-order valence-corrected chi connectivity index (χ3v) is 3.51. The molecule has 0 unspecified atom stereocenters. The van der Waals surface area contributed by atoms with E-state index in [2.05, 4.69) is 48.6 Å². The van der Waals surface area contributed by atoms with Crippen molar-refractivity contribution in [1.82, 2.24) is 0 Å². The van der Waals surface area contributed by atoms with Gasteiger partial charge in [-0.2, -0.15) is 0 Å². The smallest absolute Gasteiger partial charge is 0 e. The first-order valence-electron chi connectivity index (χ1n) is 5.63. The summed E-state index contributed by atoms with van der Waals surface area (Å²) in [7, 11) is 0. The van der Waals surface area contributed by atoms with Crippen LogP contribution in [-0.4, -0.2) is 0 Å². The second-order valence-electron chi connectivity index (χ2n) is 4.67. The molecule has 4 rings (SSSR count). The minimum atomic E-state index is 0. The fraction of sp³-hybridized carbons (Fsp3) is 0.429. The summed E-state index contributed by atoms with van der Waals surface area (Å²) in [6, 6.07) is 0. The quantitative estimate of drug-likeness (QED) is 0.472. The van der Waals surface area contributed by atoms with Crippen LogP contribution in [0, 0.1) is 23.7 Å². The standard InChI is InChI=1S/2C7H8.Rh/c2*1-2-7-4-3-6(1)5-7;/h2*1-4,6-7H,5H2;. The van der Waals surface area contributed by atoms with Crippen LogP contribution in [0.2, 0.25) is 0 Å². The first kappa shape index (κ1) is 11.1. The molecule has 4 aliphatic carbocycles. The Labute approximate surface area is 105 Å². The van der Waals surface area contributed by atoms with Crippen LogP contribution in [0.3, 0.4) is 0 Å². The maximum atomic E-state index is 2.30. The van der Waals surface area contributed by atoms with Gasteiger partial charge in [0.25, 0.3) is 0 Å². The van der Waals surface area contributed by atoms with Crippen molar-refractivity contribution in [1.29, 1.82) is 0 Å². The molecule has 0 saturated heterocycles. The van der Waals surface area contributed by atoms with E-state index in [1.165, 1.54) is 12.8 Å². The maximum absolute atomic E-state index is 2.30. The van der Waals surface area contributed by atoms with E-state index < -0.39 is 0 Å². The van der Waals surface area contributed by atoms with Crippen molar-refractivity contribution in [2.24, 2.45) is 23.7 Å². The third-order valence-electron chi connectivity index (χ3n) is 3.51. The molecule has 0 atom stereocenters. The molecular formula is C14H16Rh. The predicted molar refractivity (Wildman–Crippen MR) is 59.8 cm³/mol. The normalized spacial score (nSPS) is 40.5. The molecule has 0 amide bonds. The second-order valence-corrected chi connectivity index (χ2v) is 4.67. The van der Waals surface area contributed by atoms with Gasteiger partial charge in [0.15, 0.2) is 0 Å². The first-order valence-corrected chi connectivity index (χ1v) is 5.63. The molecule has 81 valence electrons. The Morgan fingerprint density at radius 3 is 0.733 bits per heavy atom. The fourth-order valence-electron chi connectivity index (χ4n) is 2.66. The minimum absolute atomic E-state index is 0. The van der Waals surface area contributed by atoms with Gasteiger partial charge >= 0.3 is 0 Å². The summed E-state index contributed by atoms with van der Waals surface area (Å²) in [6.07, 6.45) is 21.1. The molecule has 0 aromatic rings. The predicted octanol–water partition coefficient (Wildman–Crippen LogP) is 3.49. The van der Waals surface area contributed by atoms with Gasteiger partial charge < -0.3 is 0 Å². The maximum Gasteiger partial charge on any atom is 0 e. The summed E-state index contributed by atoms with van der Waals surface area (Å²) in [6.45, 7) is 0. The Morgan fingerprint density at radius 1 is 0.467 bits per heavy atom. The Bertz CT molecular complexity index is 245. The van der Waals surface area contributed by atoms with E-state index in [0.717, 1.165) is 23.7 Å². The summed E-state index contributed by atoms with van der Waals surface area (Å²) in [5, 5.41) is 0. The van der Waals surface area contributed by atoms with Crippen molar-refractivity contribution in [2.45, 2.75) is 12.8 Å². The van der Waals surface area contributed by atoms with Crippen LogP contribution in [0.4, 0.5) is 0 Å². The summed E-state index contributed by atoms with van der Waals surface area (Å²) in [5.41, 5.74) is 0. The summed E-state index contributed by atoms with van der Waals surface area (Å²) in [5.74, 6) is 3.24. The summed E-state index contributed by atoms with van der Waals surface area (Å²) in [4.78, 5) is 0. The molecular weight excluding hydrogens is 271 g/mol. The second kappa shape index (κ2) is 4.62. The van der Waals surface area contributed by atoms with Gasteiger partial charge in [0, 0.05) is 19.5 Å². The van der Waals surface area contributed by atoms with Gasteiger partial charge in [-0.05, 0) is 36.5 Å². The number of rotatable bonds is 0. The number of fused-ring (bicyclic) bond motifs is 4. The molecule has 0 aromatic heterocycles. The molecule has 0 aromatic carbocycles. The Balaban J connectivity index is 0.000000107. The first-order chi connectivity index (χ1) is 6.90. The van der Waals surface area contributed by atoms with Gasteiger partial charge in [-0.3, -0.25) is 0 Å². The molecule has 15 heavy (non-hydrogen) atoms. The molecule has 0 saturated carbocycles. The van der Waals surface area contributed by atoms with Crippen LogP contribution in [0.15, 0.2) is 48.6 Å². The van der Waals surface area contributed by atoms with Gasteiger partial charge in [0.05, 0.1) is 0 Å². The zero-order chi connectivity index (χ0) is 9.38. The van der Waals surface area contributed by atoms with E-state index >= 15 is 0 Å². The van der Waals surface area contributed by atoms with E-state index in [1.807, 2.05) is 0 Å². The largest absolute Gasteiger partial charge is 0.0810 e. The van der Waals surface area contributed by atoms with E-state index in [4.69, 9.17) is 0 Å². The van der Waals surface area contributed by atoms with Crippen LogP contribution in [0.5, 0.6) is 0 Å². The zero-order valence-electron chi connectivity index (χ0n) is 8.68. The SMILES string of the molecule is C1=CC2C=CC1C2.C1=CC2C=CC1C2.[Rh]. The Hall–Kier alpha value is -0.417. The van der Waals surface area contributed by atoms with Crippen molar-refractivity contribution in [3.8, 4) is 0 Å². The van der Waals surface area contributed by atoms with Crippen LogP contribution >= 0.6 is 0 Å². The Morgan fingerprint density at radius 2 is 0.667 bits per heavy atom. The molecule has 0 fully saturated rings. The summed E-state index contributed by atoms with van der Waals surface area (Å²) < 4.78 is 0. The molecule has 4 bridgehead atoms. The fourth-order valence-corrected chi connectivity index (χ4v) is 2.66. The van der Waals surface area contributed by atoms with Crippen LogP contribution in [-0.2, 0) is 19.5 Å². The molecule has 0 nitrogen and oxygen atoms in total. The molecule has 1 heteroatoms. The number of allylic oxidation sites excluding steroid dienone is 8. The van der Waals surface area contributed by atoms with Crippen LogP contribution < -0.4 is 0 Å². The van der Waals surface area contributed by atoms with Gasteiger partial charge in [0.1, 0.15) is 0 Å². The topological polar surface area (TPSA) is 0 Å². The molecule has 0 N–H and O–H groups in total. The van der Waals surface area contributed by atoms with Crippen molar-refractivity contribution < 1.29 is 19.5 Å². The number of hydrogen-bond acceptors (Lipinski definition) is 0. The average molecular weight is 287 g/mol. The van der Waals surface area contributed by atoms with Gasteiger partial charge in [-0.15, -0.1) is 0 Å². The van der Waals surface area contributed by atoms with Crippen LogP contribution in [0.25, 0.3) is 0 Å². The Kier molecular flexibility index (Phi) is 3.41. The molecule has 4 aliphatic rings. The number of hydrogen-bond donors (Lipinski definition) is 0. The zero-order valence-corrected chi connectivity index (χ0v) is 10.3. The van der Waals surface area contributed by atoms with Gasteiger partial charge in [-0.1, -0.05) is 48.6 Å². The average Bonchev–Trinajstić information content (AvgIpc) is 3.01. The van der Waals surface area contributed by atoms with E-state index in [0.29, 0.717) is 0 Å². The van der Waals surface area contributed by atoms with Crippen molar-refractivity contribution in [2.75, 3.05) is 0 Å².